The molecule has 1 heterocycles. The standard InChI is InChI=1S/C34H33N5O3/c1-38(23-24-9-3-2-4-10-24)33(41)30(21-25-16-17-27-12-5-6-13-28(27)19-25)37-32(40)31-15-8-18-39(31)34(42)36-29-14-7-11-26(20-29)22-35/h2-7,9-14,16-17,19-20,30-31H,8,15,18,21,23H2,1H3,(H,36,42)(H,37,40)/t30-,31-/m0/s1. The number of carbonyl (C=O) groups excluding carboxylic acids is 3. The quantitative estimate of drug-likeness (QED) is 0.314. The Hall–Kier alpha value is -5.16. The smallest absolute Gasteiger partial charge is 0.322 e. The van der Waals surface area contributed by atoms with Crippen LogP contribution in [0.2, 0.25) is 0 Å². The Bertz CT molecular complexity index is 1630. The zero-order chi connectivity index (χ0) is 29.5. The number of fused-ring (bicyclic) bond motifs is 1. The van der Waals surface area contributed by atoms with Crippen LogP contribution in [0, 0.1) is 11.3 Å². The Labute approximate surface area is 245 Å². The molecule has 0 aromatic heterocycles. The van der Waals surface area contributed by atoms with E-state index in [0.717, 1.165) is 21.9 Å². The minimum Gasteiger partial charge on any atom is -0.342 e. The van der Waals surface area contributed by atoms with Crippen LogP contribution in [0.4, 0.5) is 10.5 Å². The van der Waals surface area contributed by atoms with Crippen molar-refractivity contribution in [3.8, 4) is 6.07 Å². The first-order valence-corrected chi connectivity index (χ1v) is 14.1. The van der Waals surface area contributed by atoms with Crippen LogP contribution >= 0.6 is 0 Å². The summed E-state index contributed by atoms with van der Waals surface area (Å²) >= 11 is 0. The Morgan fingerprint density at radius 3 is 2.48 bits per heavy atom. The summed E-state index contributed by atoms with van der Waals surface area (Å²) in [5.74, 6) is -0.566. The molecule has 0 spiro atoms. The van der Waals surface area contributed by atoms with Crippen molar-refractivity contribution in [1.29, 1.82) is 5.26 Å². The van der Waals surface area contributed by atoms with Crippen LogP contribution in [0.15, 0.2) is 97.1 Å². The summed E-state index contributed by atoms with van der Waals surface area (Å²) < 4.78 is 0. The summed E-state index contributed by atoms with van der Waals surface area (Å²) in [6.45, 7) is 0.822. The molecule has 8 nitrogen and oxygen atoms in total. The third kappa shape index (κ3) is 6.76. The molecule has 0 bridgehead atoms. The third-order valence-corrected chi connectivity index (χ3v) is 7.57. The maximum absolute atomic E-state index is 13.8. The third-order valence-electron chi connectivity index (χ3n) is 7.57. The minimum atomic E-state index is -0.815. The van der Waals surface area contributed by atoms with E-state index in [1.165, 1.54) is 4.90 Å². The second kappa shape index (κ2) is 13.0. The Morgan fingerprint density at radius 1 is 0.929 bits per heavy atom. The predicted molar refractivity (Wildman–Crippen MR) is 162 cm³/mol. The largest absolute Gasteiger partial charge is 0.342 e. The number of rotatable bonds is 8. The van der Waals surface area contributed by atoms with Crippen LogP contribution in [0.1, 0.15) is 29.5 Å². The number of likely N-dealkylation sites (N-methyl/N-ethyl adjacent to an activating group) is 1. The highest BCUT2D eigenvalue weighted by molar-refractivity contribution is 5.96. The molecule has 1 aliphatic rings. The van der Waals surface area contributed by atoms with Crippen molar-refractivity contribution in [3.63, 3.8) is 0 Å². The molecule has 0 saturated carbocycles. The average molecular weight is 560 g/mol. The van der Waals surface area contributed by atoms with Crippen molar-refractivity contribution in [3.05, 3.63) is 114 Å². The highest BCUT2D eigenvalue weighted by atomic mass is 16.2. The van der Waals surface area contributed by atoms with Gasteiger partial charge in [-0.2, -0.15) is 5.26 Å². The van der Waals surface area contributed by atoms with E-state index < -0.39 is 18.1 Å². The van der Waals surface area contributed by atoms with E-state index in [9.17, 15) is 19.6 Å². The summed E-state index contributed by atoms with van der Waals surface area (Å²) in [4.78, 5) is 43.7. The second-order valence-corrected chi connectivity index (χ2v) is 10.6. The molecule has 4 aromatic rings. The summed E-state index contributed by atoms with van der Waals surface area (Å²) in [6.07, 6.45) is 1.48. The number of nitriles is 1. The Kier molecular flexibility index (Phi) is 8.78. The van der Waals surface area contributed by atoms with Crippen LogP contribution < -0.4 is 10.6 Å². The molecule has 4 aromatic carbocycles. The van der Waals surface area contributed by atoms with Gasteiger partial charge in [0.2, 0.25) is 11.8 Å². The van der Waals surface area contributed by atoms with Crippen LogP contribution in [0.5, 0.6) is 0 Å². The minimum absolute atomic E-state index is 0.206. The van der Waals surface area contributed by atoms with Crippen molar-refractivity contribution in [2.75, 3.05) is 18.9 Å². The first-order valence-electron chi connectivity index (χ1n) is 14.1. The molecule has 42 heavy (non-hydrogen) atoms. The van der Waals surface area contributed by atoms with Crippen LogP contribution in [-0.2, 0) is 22.6 Å². The first-order chi connectivity index (χ1) is 20.4. The lowest BCUT2D eigenvalue weighted by atomic mass is 10.00. The summed E-state index contributed by atoms with van der Waals surface area (Å²) in [6, 6.07) is 30.5. The van der Waals surface area contributed by atoms with Gasteiger partial charge in [-0.1, -0.05) is 78.9 Å². The van der Waals surface area contributed by atoms with Gasteiger partial charge in [0.25, 0.3) is 0 Å². The second-order valence-electron chi connectivity index (χ2n) is 10.6. The van der Waals surface area contributed by atoms with E-state index >= 15 is 0 Å². The lowest BCUT2D eigenvalue weighted by Gasteiger charge is -2.29. The molecule has 0 radical (unpaired) electrons. The number of hydrogen-bond donors (Lipinski definition) is 2. The van der Waals surface area contributed by atoms with E-state index in [1.807, 2.05) is 72.8 Å². The van der Waals surface area contributed by atoms with Crippen molar-refractivity contribution in [1.82, 2.24) is 15.1 Å². The lowest BCUT2D eigenvalue weighted by molar-refractivity contribution is -0.136. The van der Waals surface area contributed by atoms with Gasteiger partial charge < -0.3 is 20.4 Å². The fourth-order valence-electron chi connectivity index (χ4n) is 5.41. The Morgan fingerprint density at radius 2 is 1.69 bits per heavy atom. The van der Waals surface area contributed by atoms with Crippen molar-refractivity contribution in [2.45, 2.75) is 37.9 Å². The molecular formula is C34H33N5O3. The highest BCUT2D eigenvalue weighted by Crippen LogP contribution is 2.22. The molecule has 1 aliphatic heterocycles. The topological polar surface area (TPSA) is 106 Å². The zero-order valence-corrected chi connectivity index (χ0v) is 23.5. The lowest BCUT2D eigenvalue weighted by Crippen LogP contribution is -2.54. The number of likely N-dealkylation sites (tertiary alicyclic amines) is 1. The van der Waals surface area contributed by atoms with Crippen LogP contribution in [0.3, 0.4) is 0 Å². The molecule has 2 N–H and O–H groups in total. The van der Waals surface area contributed by atoms with E-state index in [4.69, 9.17) is 0 Å². The number of amides is 4. The molecule has 1 saturated heterocycles. The molecule has 4 amide bonds. The molecule has 5 rings (SSSR count). The molecule has 212 valence electrons. The first kappa shape index (κ1) is 28.4. The number of carbonyl (C=O) groups is 3. The van der Waals surface area contributed by atoms with Gasteiger partial charge in [0.05, 0.1) is 11.6 Å². The van der Waals surface area contributed by atoms with Crippen molar-refractivity contribution in [2.24, 2.45) is 0 Å². The van der Waals surface area contributed by atoms with Gasteiger partial charge in [-0.25, -0.2) is 4.79 Å². The van der Waals surface area contributed by atoms with E-state index in [1.54, 1.807) is 36.2 Å². The van der Waals surface area contributed by atoms with E-state index in [2.05, 4.69) is 16.7 Å². The molecule has 1 fully saturated rings. The van der Waals surface area contributed by atoms with Gasteiger partial charge in [0.15, 0.2) is 0 Å². The molecule has 0 aliphatic carbocycles. The molecule has 0 unspecified atom stereocenters. The maximum Gasteiger partial charge on any atom is 0.322 e. The van der Waals surface area contributed by atoms with Crippen LogP contribution in [0.25, 0.3) is 10.8 Å². The summed E-state index contributed by atoms with van der Waals surface area (Å²) in [5.41, 5.74) is 2.83. The average Bonchev–Trinajstić information content (AvgIpc) is 3.51. The van der Waals surface area contributed by atoms with E-state index in [-0.39, 0.29) is 11.8 Å². The van der Waals surface area contributed by atoms with Gasteiger partial charge >= 0.3 is 6.03 Å². The molecular weight excluding hydrogens is 526 g/mol. The van der Waals surface area contributed by atoms with Gasteiger partial charge in [-0.3, -0.25) is 9.59 Å². The van der Waals surface area contributed by atoms with Gasteiger partial charge in [-0.15, -0.1) is 0 Å². The number of hydrogen-bond acceptors (Lipinski definition) is 4. The normalized spacial score (nSPS) is 15.0. The van der Waals surface area contributed by atoms with E-state index in [0.29, 0.717) is 43.6 Å². The summed E-state index contributed by atoms with van der Waals surface area (Å²) in [5, 5.41) is 17.1. The fourth-order valence-corrected chi connectivity index (χ4v) is 5.41. The monoisotopic (exact) mass is 559 g/mol. The molecule has 8 heteroatoms. The SMILES string of the molecule is CN(Cc1ccccc1)C(=O)[C@H](Cc1ccc2ccccc2c1)NC(=O)[C@@H]1CCCN1C(=O)Nc1cccc(C#N)c1. The number of urea groups is 1. The van der Waals surface area contributed by atoms with Gasteiger partial charge in [0, 0.05) is 32.2 Å². The fraction of sp³-hybridized carbons (Fsp3) is 0.235. The predicted octanol–water partition coefficient (Wildman–Crippen LogP) is 5.09. The van der Waals surface area contributed by atoms with Gasteiger partial charge in [0.1, 0.15) is 12.1 Å². The van der Waals surface area contributed by atoms with Crippen LogP contribution in [-0.4, -0.2) is 53.3 Å². The Balaban J connectivity index is 1.34. The highest BCUT2D eigenvalue weighted by Gasteiger charge is 2.36. The van der Waals surface area contributed by atoms with Crippen molar-refractivity contribution >= 4 is 34.3 Å². The number of nitrogens with one attached hydrogen (secondary N) is 2. The zero-order valence-electron chi connectivity index (χ0n) is 23.5. The summed E-state index contributed by atoms with van der Waals surface area (Å²) in [7, 11) is 1.74. The number of benzene rings is 4. The van der Waals surface area contributed by atoms with Crippen molar-refractivity contribution < 1.29 is 14.4 Å². The maximum atomic E-state index is 13.8. The number of nitrogens with zero attached hydrogens (tertiary/aromatic N) is 3. The number of anilines is 1. The van der Waals surface area contributed by atoms with Gasteiger partial charge in [-0.05, 0) is 52.9 Å². The molecule has 2 atom stereocenters.